The fourth-order valence-corrected chi connectivity index (χ4v) is 3.29. The lowest BCUT2D eigenvalue weighted by molar-refractivity contribution is 0.0952. The predicted molar refractivity (Wildman–Crippen MR) is 93.6 cm³/mol. The molecule has 24 heavy (non-hydrogen) atoms. The van der Waals surface area contributed by atoms with Crippen molar-refractivity contribution in [3.8, 4) is 0 Å². The molecule has 7 heteroatoms. The van der Waals surface area contributed by atoms with E-state index < -0.39 is 9.84 Å². The number of nitrogens with one attached hydrogen (secondary N) is 1. The average molecular weight is 349 g/mol. The highest BCUT2D eigenvalue weighted by Gasteiger charge is 2.08. The summed E-state index contributed by atoms with van der Waals surface area (Å²) in [5.41, 5.74) is 3.31. The second kappa shape index (κ2) is 7.61. The maximum Gasteiger partial charge on any atom is 0.251 e. The largest absolute Gasteiger partial charge is 0.352 e. The van der Waals surface area contributed by atoms with Gasteiger partial charge in [-0.1, -0.05) is 12.1 Å². The molecule has 0 atom stereocenters. The average Bonchev–Trinajstić information content (AvgIpc) is 2.80. The summed E-state index contributed by atoms with van der Waals surface area (Å²) in [4.78, 5) is 12.1. The van der Waals surface area contributed by atoms with E-state index in [9.17, 15) is 13.2 Å². The van der Waals surface area contributed by atoms with Gasteiger partial charge in [0.25, 0.3) is 5.91 Å². The van der Waals surface area contributed by atoms with E-state index in [4.69, 9.17) is 0 Å². The van der Waals surface area contributed by atoms with E-state index in [1.807, 2.05) is 24.6 Å². The minimum absolute atomic E-state index is 0.0163. The Bertz CT molecular complexity index is 808. The van der Waals surface area contributed by atoms with E-state index in [1.165, 1.54) is 6.26 Å². The van der Waals surface area contributed by atoms with E-state index in [-0.39, 0.29) is 11.7 Å². The van der Waals surface area contributed by atoms with Crippen LogP contribution >= 0.6 is 0 Å². The van der Waals surface area contributed by atoms with Crippen LogP contribution in [-0.2, 0) is 22.1 Å². The lowest BCUT2D eigenvalue weighted by Crippen LogP contribution is -2.25. The van der Waals surface area contributed by atoms with E-state index in [1.54, 1.807) is 24.3 Å². The summed E-state index contributed by atoms with van der Waals surface area (Å²) in [6, 6.07) is 8.67. The quantitative estimate of drug-likeness (QED) is 0.774. The molecular formula is C17H23N3O3S. The zero-order valence-corrected chi connectivity index (χ0v) is 15.1. The number of benzene rings is 1. The number of sulfone groups is 1. The topological polar surface area (TPSA) is 81.1 Å². The van der Waals surface area contributed by atoms with E-state index in [0.717, 1.165) is 24.4 Å². The van der Waals surface area contributed by atoms with Gasteiger partial charge in [0.15, 0.2) is 9.84 Å². The van der Waals surface area contributed by atoms with Crippen molar-refractivity contribution in [2.45, 2.75) is 32.6 Å². The van der Waals surface area contributed by atoms with Crippen LogP contribution in [0.15, 0.2) is 30.3 Å². The molecule has 1 aromatic carbocycles. The molecule has 0 fully saturated rings. The number of aromatic nitrogens is 2. The Morgan fingerprint density at radius 1 is 1.21 bits per heavy atom. The van der Waals surface area contributed by atoms with Gasteiger partial charge in [0.1, 0.15) is 0 Å². The highest BCUT2D eigenvalue weighted by Crippen LogP contribution is 2.08. The Kier molecular flexibility index (Phi) is 5.77. The minimum Gasteiger partial charge on any atom is -0.352 e. The summed E-state index contributed by atoms with van der Waals surface area (Å²) in [7, 11) is -3.06. The summed E-state index contributed by atoms with van der Waals surface area (Å²) in [5.74, 6) is -0.174. The van der Waals surface area contributed by atoms with Crippen molar-refractivity contribution in [3.63, 3.8) is 0 Å². The Hall–Kier alpha value is -2.15. The van der Waals surface area contributed by atoms with Gasteiger partial charge in [0.2, 0.25) is 0 Å². The molecule has 0 aliphatic carbocycles. The molecule has 6 nitrogen and oxygen atoms in total. The van der Waals surface area contributed by atoms with E-state index in [0.29, 0.717) is 17.7 Å². The standard InChI is InChI=1S/C17H23N3O3S/c1-13-11-14(2)20(19-13)10-4-9-18-17(21)16-7-5-15(6-8-16)12-24(3,22)23/h5-8,11H,4,9-10,12H2,1-3H3,(H,18,21). The first-order valence-corrected chi connectivity index (χ1v) is 9.86. The maximum absolute atomic E-state index is 12.1. The molecule has 0 saturated carbocycles. The first kappa shape index (κ1) is 18.2. The van der Waals surface area contributed by atoms with Crippen LogP contribution in [0, 0.1) is 13.8 Å². The number of hydrogen-bond donors (Lipinski definition) is 1. The molecule has 130 valence electrons. The van der Waals surface area contributed by atoms with Crippen molar-refractivity contribution in [3.05, 3.63) is 52.8 Å². The van der Waals surface area contributed by atoms with Crippen LogP contribution in [0.2, 0.25) is 0 Å². The Morgan fingerprint density at radius 2 is 1.88 bits per heavy atom. The van der Waals surface area contributed by atoms with E-state index in [2.05, 4.69) is 10.4 Å². The van der Waals surface area contributed by atoms with Crippen molar-refractivity contribution >= 4 is 15.7 Å². The van der Waals surface area contributed by atoms with Gasteiger partial charge in [0.05, 0.1) is 11.4 Å². The highest BCUT2D eigenvalue weighted by molar-refractivity contribution is 7.89. The monoisotopic (exact) mass is 349 g/mol. The molecule has 1 heterocycles. The lowest BCUT2D eigenvalue weighted by Gasteiger charge is -2.07. The van der Waals surface area contributed by atoms with Crippen molar-refractivity contribution in [2.24, 2.45) is 0 Å². The zero-order chi connectivity index (χ0) is 17.7. The number of carbonyl (C=O) groups excluding carboxylic acids is 1. The molecule has 1 aromatic heterocycles. The number of rotatable bonds is 7. The summed E-state index contributed by atoms with van der Waals surface area (Å²) < 4.78 is 24.4. The zero-order valence-electron chi connectivity index (χ0n) is 14.2. The Morgan fingerprint density at radius 3 is 2.42 bits per heavy atom. The van der Waals surface area contributed by atoms with Crippen LogP contribution in [0.3, 0.4) is 0 Å². The van der Waals surface area contributed by atoms with Crippen LogP contribution in [0.1, 0.15) is 33.7 Å². The fraction of sp³-hybridized carbons (Fsp3) is 0.412. The third-order valence-electron chi connectivity index (χ3n) is 3.58. The van der Waals surface area contributed by atoms with Gasteiger partial charge >= 0.3 is 0 Å². The molecule has 0 spiro atoms. The third-order valence-corrected chi connectivity index (χ3v) is 4.44. The lowest BCUT2D eigenvalue weighted by atomic mass is 10.1. The van der Waals surface area contributed by atoms with Crippen LogP contribution in [-0.4, -0.2) is 36.9 Å². The molecule has 0 unspecified atom stereocenters. The Labute approximate surface area is 142 Å². The minimum atomic E-state index is -3.06. The number of amides is 1. The molecule has 0 bridgehead atoms. The van der Waals surface area contributed by atoms with Crippen molar-refractivity contribution in [1.82, 2.24) is 15.1 Å². The van der Waals surface area contributed by atoms with Crippen LogP contribution in [0.4, 0.5) is 0 Å². The van der Waals surface area contributed by atoms with Gasteiger partial charge in [-0.05, 0) is 44.0 Å². The summed E-state index contributed by atoms with van der Waals surface area (Å²) >= 11 is 0. The molecule has 2 aromatic rings. The second-order valence-corrected chi connectivity index (χ2v) is 8.17. The summed E-state index contributed by atoms with van der Waals surface area (Å²) in [6.45, 7) is 5.28. The SMILES string of the molecule is Cc1cc(C)n(CCCNC(=O)c2ccc(CS(C)(=O)=O)cc2)n1. The number of nitrogens with zero attached hydrogens (tertiary/aromatic N) is 2. The van der Waals surface area contributed by atoms with Crippen molar-refractivity contribution in [1.29, 1.82) is 0 Å². The molecule has 0 radical (unpaired) electrons. The normalized spacial score (nSPS) is 11.5. The first-order chi connectivity index (χ1) is 11.2. The van der Waals surface area contributed by atoms with Crippen LogP contribution in [0.5, 0.6) is 0 Å². The smallest absolute Gasteiger partial charge is 0.251 e. The van der Waals surface area contributed by atoms with Gasteiger partial charge in [-0.3, -0.25) is 9.48 Å². The first-order valence-electron chi connectivity index (χ1n) is 7.80. The predicted octanol–water partition coefficient (Wildman–Crippen LogP) is 1.86. The molecule has 2 rings (SSSR count). The van der Waals surface area contributed by atoms with Gasteiger partial charge in [-0.15, -0.1) is 0 Å². The highest BCUT2D eigenvalue weighted by atomic mass is 32.2. The number of hydrogen-bond acceptors (Lipinski definition) is 4. The van der Waals surface area contributed by atoms with Crippen LogP contribution in [0.25, 0.3) is 0 Å². The van der Waals surface area contributed by atoms with Gasteiger partial charge in [0, 0.05) is 30.6 Å². The third kappa shape index (κ3) is 5.49. The Balaban J connectivity index is 1.81. The second-order valence-electron chi connectivity index (χ2n) is 6.03. The van der Waals surface area contributed by atoms with E-state index >= 15 is 0 Å². The van der Waals surface area contributed by atoms with Crippen molar-refractivity contribution < 1.29 is 13.2 Å². The number of carbonyl (C=O) groups is 1. The summed E-state index contributed by atoms with van der Waals surface area (Å²) in [5, 5.41) is 7.24. The fourth-order valence-electron chi connectivity index (χ4n) is 2.49. The van der Waals surface area contributed by atoms with Gasteiger partial charge in [-0.25, -0.2) is 8.42 Å². The molecule has 0 aliphatic heterocycles. The molecular weight excluding hydrogens is 326 g/mol. The van der Waals surface area contributed by atoms with Gasteiger partial charge < -0.3 is 5.32 Å². The molecule has 0 saturated heterocycles. The maximum atomic E-state index is 12.1. The van der Waals surface area contributed by atoms with Crippen molar-refractivity contribution in [2.75, 3.05) is 12.8 Å². The molecule has 1 N–H and O–H groups in total. The molecule has 0 aliphatic rings. The van der Waals surface area contributed by atoms with Crippen LogP contribution < -0.4 is 5.32 Å². The van der Waals surface area contributed by atoms with Gasteiger partial charge in [-0.2, -0.15) is 5.10 Å². The molecule has 1 amide bonds. The number of aryl methyl sites for hydroxylation is 3. The summed E-state index contributed by atoms with van der Waals surface area (Å²) in [6.07, 6.45) is 1.98.